The molecular weight excluding hydrogens is 134 g/mol. The van der Waals surface area contributed by atoms with Crippen LogP contribution in [0.4, 0.5) is 0 Å². The second-order valence-corrected chi connectivity index (χ2v) is 1.64. The van der Waals surface area contributed by atoms with Crippen molar-refractivity contribution < 1.29 is 14.3 Å². The van der Waals surface area contributed by atoms with Crippen molar-refractivity contribution in [2.24, 2.45) is 4.99 Å². The largest absolute Gasteiger partial charge is 0.406 e. The van der Waals surface area contributed by atoms with Crippen LogP contribution in [-0.2, 0) is 14.3 Å². The van der Waals surface area contributed by atoms with Gasteiger partial charge < -0.3 is 4.74 Å². The van der Waals surface area contributed by atoms with Crippen molar-refractivity contribution in [3.8, 4) is 0 Å². The molecule has 0 aromatic heterocycles. The Hall–Kier alpha value is -1.45. The van der Waals surface area contributed by atoms with Crippen LogP contribution in [-0.4, -0.2) is 17.8 Å². The number of esters is 1. The third-order valence-electron chi connectivity index (χ3n) is 0.893. The summed E-state index contributed by atoms with van der Waals surface area (Å²) in [6.45, 7) is 1.74. The van der Waals surface area contributed by atoms with Gasteiger partial charge in [0.2, 0.25) is 5.90 Å². The van der Waals surface area contributed by atoms with Gasteiger partial charge in [0, 0.05) is 0 Å². The van der Waals surface area contributed by atoms with Gasteiger partial charge >= 0.3 is 11.9 Å². The fraction of sp³-hybridized carbons (Fsp3) is 0.167. The molecule has 0 unspecified atom stereocenters. The normalized spacial score (nSPS) is 17.9. The third-order valence-corrected chi connectivity index (χ3v) is 0.893. The summed E-state index contributed by atoms with van der Waals surface area (Å²) in [5.41, 5.74) is 0. The Morgan fingerprint density at radius 2 is 2.20 bits per heavy atom. The number of ether oxygens (including phenoxy) is 1. The lowest BCUT2D eigenvalue weighted by atomic mass is 10.5. The van der Waals surface area contributed by atoms with Crippen LogP contribution < -0.4 is 0 Å². The maximum atomic E-state index is 10.4. The van der Waals surface area contributed by atoms with E-state index in [0.717, 1.165) is 0 Å². The molecule has 4 heteroatoms. The molecule has 52 valence electrons. The van der Waals surface area contributed by atoms with Crippen LogP contribution in [0.3, 0.4) is 0 Å². The SMILES string of the molecule is CC=CC1=NC(=O)C(=O)O1. The van der Waals surface area contributed by atoms with E-state index in [4.69, 9.17) is 0 Å². The first-order valence-corrected chi connectivity index (χ1v) is 2.71. The van der Waals surface area contributed by atoms with Crippen LogP contribution in [0.2, 0.25) is 0 Å². The summed E-state index contributed by atoms with van der Waals surface area (Å²) < 4.78 is 4.39. The minimum Gasteiger partial charge on any atom is -0.400 e. The monoisotopic (exact) mass is 139 g/mol. The standard InChI is InChI=1S/C6H5NO3/c1-2-3-4-7-5(8)6(9)10-4/h2-3H,1H3. The Kier molecular flexibility index (Phi) is 1.62. The zero-order chi connectivity index (χ0) is 7.56. The van der Waals surface area contributed by atoms with E-state index in [1.54, 1.807) is 13.0 Å². The van der Waals surface area contributed by atoms with E-state index in [2.05, 4.69) is 9.73 Å². The van der Waals surface area contributed by atoms with Gasteiger partial charge in [0.05, 0.1) is 0 Å². The molecule has 0 bridgehead atoms. The summed E-state index contributed by atoms with van der Waals surface area (Å²) >= 11 is 0. The Morgan fingerprint density at radius 1 is 1.50 bits per heavy atom. The maximum Gasteiger partial charge on any atom is 0.406 e. The molecule has 1 amide bonds. The number of allylic oxidation sites excluding steroid dienone is 1. The molecule has 0 fully saturated rings. The van der Waals surface area contributed by atoms with Gasteiger partial charge in [-0.3, -0.25) is 4.79 Å². The van der Waals surface area contributed by atoms with Crippen LogP contribution in [0, 0.1) is 0 Å². The molecule has 1 heterocycles. The van der Waals surface area contributed by atoms with Gasteiger partial charge in [-0.25, -0.2) is 4.79 Å². The van der Waals surface area contributed by atoms with Gasteiger partial charge in [0.1, 0.15) is 0 Å². The molecule has 0 spiro atoms. The zero-order valence-corrected chi connectivity index (χ0v) is 5.33. The topological polar surface area (TPSA) is 55.7 Å². The summed E-state index contributed by atoms with van der Waals surface area (Å²) in [5.74, 6) is -1.68. The van der Waals surface area contributed by atoms with E-state index < -0.39 is 11.9 Å². The molecule has 1 aliphatic heterocycles. The van der Waals surface area contributed by atoms with Crippen molar-refractivity contribution in [1.29, 1.82) is 0 Å². The number of cyclic esters (lactones) is 1. The minimum atomic E-state index is -0.909. The first kappa shape index (κ1) is 6.67. The number of rotatable bonds is 1. The number of nitrogens with zero attached hydrogens (tertiary/aromatic N) is 1. The number of aliphatic imine (C=N–C) groups is 1. The number of hydrogen-bond donors (Lipinski definition) is 0. The maximum absolute atomic E-state index is 10.4. The zero-order valence-electron chi connectivity index (χ0n) is 5.33. The van der Waals surface area contributed by atoms with E-state index in [1.165, 1.54) is 6.08 Å². The lowest BCUT2D eigenvalue weighted by Gasteiger charge is -1.85. The number of carbonyl (C=O) groups is 2. The number of amides is 1. The Labute approximate surface area is 57.2 Å². The second-order valence-electron chi connectivity index (χ2n) is 1.64. The molecule has 0 saturated heterocycles. The van der Waals surface area contributed by atoms with Gasteiger partial charge in [-0.05, 0) is 13.0 Å². The van der Waals surface area contributed by atoms with Crippen molar-refractivity contribution in [1.82, 2.24) is 0 Å². The highest BCUT2D eigenvalue weighted by atomic mass is 16.6. The molecule has 10 heavy (non-hydrogen) atoms. The highest BCUT2D eigenvalue weighted by Crippen LogP contribution is 1.98. The Balaban J connectivity index is 2.77. The predicted octanol–water partition coefficient (Wildman–Crippen LogP) is 0.0444. The number of hydrogen-bond acceptors (Lipinski definition) is 3. The third kappa shape index (κ3) is 1.10. The van der Waals surface area contributed by atoms with Gasteiger partial charge in [-0.2, -0.15) is 4.99 Å². The van der Waals surface area contributed by atoms with Gasteiger partial charge in [-0.1, -0.05) is 6.08 Å². The average Bonchev–Trinajstić information content (AvgIpc) is 2.14. The van der Waals surface area contributed by atoms with E-state index in [-0.39, 0.29) is 5.90 Å². The Bertz CT molecular complexity index is 239. The van der Waals surface area contributed by atoms with Crippen molar-refractivity contribution in [2.75, 3.05) is 0 Å². The summed E-state index contributed by atoms with van der Waals surface area (Å²) in [5, 5.41) is 0. The molecule has 0 aliphatic carbocycles. The van der Waals surface area contributed by atoms with Crippen LogP contribution in [0.25, 0.3) is 0 Å². The molecular formula is C6H5NO3. The Morgan fingerprint density at radius 3 is 2.60 bits per heavy atom. The smallest absolute Gasteiger partial charge is 0.400 e. The van der Waals surface area contributed by atoms with Gasteiger partial charge in [0.25, 0.3) is 0 Å². The summed E-state index contributed by atoms with van der Waals surface area (Å²) in [7, 11) is 0. The van der Waals surface area contributed by atoms with Crippen molar-refractivity contribution in [3.05, 3.63) is 12.2 Å². The molecule has 1 aliphatic rings. The van der Waals surface area contributed by atoms with Crippen LogP contribution >= 0.6 is 0 Å². The number of carbonyl (C=O) groups excluding carboxylic acids is 2. The van der Waals surface area contributed by atoms with E-state index >= 15 is 0 Å². The quantitative estimate of drug-likeness (QED) is 0.381. The molecule has 4 nitrogen and oxygen atoms in total. The van der Waals surface area contributed by atoms with Crippen LogP contribution in [0.1, 0.15) is 6.92 Å². The van der Waals surface area contributed by atoms with Gasteiger partial charge in [0.15, 0.2) is 0 Å². The molecule has 0 N–H and O–H groups in total. The lowest BCUT2D eigenvalue weighted by Crippen LogP contribution is -2.06. The molecule has 0 aromatic carbocycles. The van der Waals surface area contributed by atoms with Crippen LogP contribution in [0.5, 0.6) is 0 Å². The molecule has 1 rings (SSSR count). The lowest BCUT2D eigenvalue weighted by molar-refractivity contribution is -0.145. The fourth-order valence-corrected chi connectivity index (χ4v) is 0.521. The second kappa shape index (κ2) is 2.43. The van der Waals surface area contributed by atoms with Crippen LogP contribution in [0.15, 0.2) is 17.1 Å². The first-order valence-electron chi connectivity index (χ1n) is 2.71. The fourth-order valence-electron chi connectivity index (χ4n) is 0.521. The summed E-state index contributed by atoms with van der Waals surface area (Å²) in [6, 6.07) is 0. The minimum absolute atomic E-state index is 0.0671. The summed E-state index contributed by atoms with van der Waals surface area (Å²) in [4.78, 5) is 24.0. The van der Waals surface area contributed by atoms with Crippen molar-refractivity contribution in [2.45, 2.75) is 6.92 Å². The van der Waals surface area contributed by atoms with E-state index in [0.29, 0.717) is 0 Å². The molecule has 0 saturated carbocycles. The highest BCUT2D eigenvalue weighted by Gasteiger charge is 2.24. The summed E-state index contributed by atoms with van der Waals surface area (Å²) in [6.07, 6.45) is 3.08. The van der Waals surface area contributed by atoms with E-state index in [9.17, 15) is 9.59 Å². The van der Waals surface area contributed by atoms with E-state index in [1.807, 2.05) is 0 Å². The van der Waals surface area contributed by atoms with Crippen molar-refractivity contribution in [3.63, 3.8) is 0 Å². The average molecular weight is 139 g/mol. The van der Waals surface area contributed by atoms with Gasteiger partial charge in [-0.15, -0.1) is 0 Å². The predicted molar refractivity (Wildman–Crippen MR) is 33.3 cm³/mol. The first-order chi connectivity index (χ1) is 4.74. The van der Waals surface area contributed by atoms with Crippen molar-refractivity contribution >= 4 is 17.8 Å². The molecule has 0 atom stereocenters. The highest BCUT2D eigenvalue weighted by molar-refractivity contribution is 6.40. The molecule has 0 radical (unpaired) electrons. The molecule has 0 aromatic rings.